The number of hydrogen-bond acceptors (Lipinski definition) is 6. The largest absolute Gasteiger partial charge is 0.457 e. The van der Waals surface area contributed by atoms with Crippen LogP contribution in [0.15, 0.2) is 10.5 Å². The van der Waals surface area contributed by atoms with Crippen LogP contribution in [-0.4, -0.2) is 29.4 Å². The molecule has 0 radical (unpaired) electrons. The summed E-state index contributed by atoms with van der Waals surface area (Å²) in [6, 6.07) is 1.08. The quantitative estimate of drug-likeness (QED) is 0.449. The van der Waals surface area contributed by atoms with Crippen molar-refractivity contribution in [1.82, 2.24) is 0 Å². The zero-order valence-electron chi connectivity index (χ0n) is 15.9. The molecule has 1 aromatic rings. The van der Waals surface area contributed by atoms with Gasteiger partial charge in [-0.3, -0.25) is 0 Å². The van der Waals surface area contributed by atoms with Gasteiger partial charge in [-0.2, -0.15) is 4.90 Å². The summed E-state index contributed by atoms with van der Waals surface area (Å²) in [7, 11) is 0. The molecule has 9 heteroatoms. The molecule has 2 rings (SSSR count). The molecule has 0 saturated heterocycles. The highest BCUT2D eigenvalue weighted by atomic mass is 79.9. The first-order valence-corrected chi connectivity index (χ1v) is 8.94. The van der Waals surface area contributed by atoms with E-state index in [-0.39, 0.29) is 16.6 Å². The maximum absolute atomic E-state index is 14.9. The normalized spacial score (nSPS) is 13.7. The zero-order chi connectivity index (χ0) is 20.7. The van der Waals surface area contributed by atoms with Gasteiger partial charge in [-0.25, -0.2) is 18.8 Å². The van der Waals surface area contributed by atoms with Crippen molar-refractivity contribution in [3.8, 4) is 0 Å². The van der Waals surface area contributed by atoms with Crippen LogP contribution in [0.3, 0.4) is 0 Å². The number of ether oxygens (including phenoxy) is 3. The minimum atomic E-state index is -1.13. The first kappa shape index (κ1) is 21.1. The monoisotopic (exact) mass is 445 g/mol. The second-order valence-corrected chi connectivity index (χ2v) is 8.71. The van der Waals surface area contributed by atoms with E-state index in [0.717, 1.165) is 6.07 Å². The highest BCUT2D eigenvalue weighted by Crippen LogP contribution is 2.37. The third-order valence-electron chi connectivity index (χ3n) is 3.25. The van der Waals surface area contributed by atoms with Gasteiger partial charge in [-0.1, -0.05) is 0 Å². The number of hydrogen-bond donors (Lipinski definition) is 0. The molecule has 0 aliphatic carbocycles. The number of amides is 2. The van der Waals surface area contributed by atoms with Gasteiger partial charge in [0.25, 0.3) is 0 Å². The van der Waals surface area contributed by atoms with Gasteiger partial charge in [-0.05, 0) is 63.5 Å². The number of halogens is 2. The smallest absolute Gasteiger partial charge is 0.424 e. The number of benzene rings is 1. The number of nitrogens with zero attached hydrogens (tertiary/aromatic N) is 1. The topological polar surface area (TPSA) is 82.1 Å². The van der Waals surface area contributed by atoms with E-state index in [4.69, 9.17) is 14.2 Å². The third kappa shape index (κ3) is 4.77. The fraction of sp³-hybridized carbons (Fsp3) is 0.500. The van der Waals surface area contributed by atoms with E-state index < -0.39 is 40.9 Å². The first-order chi connectivity index (χ1) is 12.2. The molecule has 0 N–H and O–H groups in total. The van der Waals surface area contributed by atoms with Gasteiger partial charge in [0.15, 0.2) is 5.82 Å². The molecule has 0 saturated carbocycles. The summed E-state index contributed by atoms with van der Waals surface area (Å²) in [4.78, 5) is 37.6. The lowest BCUT2D eigenvalue weighted by Crippen LogP contribution is -2.44. The van der Waals surface area contributed by atoms with Gasteiger partial charge >= 0.3 is 18.2 Å². The molecule has 0 unspecified atom stereocenters. The fourth-order valence-electron chi connectivity index (χ4n) is 2.24. The highest BCUT2D eigenvalue weighted by molar-refractivity contribution is 9.10. The van der Waals surface area contributed by atoms with Crippen LogP contribution >= 0.6 is 15.9 Å². The van der Waals surface area contributed by atoms with Crippen molar-refractivity contribution in [3.05, 3.63) is 27.5 Å². The van der Waals surface area contributed by atoms with E-state index in [1.54, 1.807) is 41.5 Å². The number of rotatable bonds is 1. The lowest BCUT2D eigenvalue weighted by molar-refractivity contribution is 0.0426. The Morgan fingerprint density at radius 1 is 1.11 bits per heavy atom. The van der Waals surface area contributed by atoms with Crippen molar-refractivity contribution < 1.29 is 33.0 Å². The van der Waals surface area contributed by atoms with Crippen LogP contribution in [0.4, 0.5) is 19.7 Å². The van der Waals surface area contributed by atoms with Crippen LogP contribution in [0.1, 0.15) is 57.5 Å². The molecular formula is C18H21BrFNO6. The van der Waals surface area contributed by atoms with Crippen LogP contribution in [0.2, 0.25) is 0 Å². The third-order valence-corrected chi connectivity index (χ3v) is 4.08. The summed E-state index contributed by atoms with van der Waals surface area (Å²) < 4.78 is 30.2. The minimum Gasteiger partial charge on any atom is -0.457 e. The van der Waals surface area contributed by atoms with Crippen molar-refractivity contribution in [2.45, 2.75) is 59.4 Å². The van der Waals surface area contributed by atoms with Crippen LogP contribution in [0, 0.1) is 5.82 Å². The molecular weight excluding hydrogens is 425 g/mol. The molecule has 27 heavy (non-hydrogen) atoms. The second-order valence-electron chi connectivity index (χ2n) is 7.92. The van der Waals surface area contributed by atoms with Gasteiger partial charge in [0.1, 0.15) is 17.8 Å². The molecule has 1 aromatic carbocycles. The Hall–Kier alpha value is -2.16. The molecule has 2 amide bonds. The van der Waals surface area contributed by atoms with Crippen LogP contribution in [-0.2, 0) is 20.8 Å². The Labute approximate surface area is 164 Å². The number of carbonyl (C=O) groups is 3. The van der Waals surface area contributed by atoms with Gasteiger partial charge < -0.3 is 14.2 Å². The fourth-order valence-corrected chi connectivity index (χ4v) is 2.77. The number of esters is 1. The van der Waals surface area contributed by atoms with Gasteiger partial charge in [0, 0.05) is 5.56 Å². The molecule has 7 nitrogen and oxygen atoms in total. The zero-order valence-corrected chi connectivity index (χ0v) is 17.5. The van der Waals surface area contributed by atoms with Crippen LogP contribution < -0.4 is 4.90 Å². The lowest BCUT2D eigenvalue weighted by atomic mass is 10.1. The van der Waals surface area contributed by atoms with Crippen molar-refractivity contribution in [2.75, 3.05) is 4.90 Å². The predicted octanol–water partition coefficient (Wildman–Crippen LogP) is 4.94. The molecule has 1 aliphatic heterocycles. The van der Waals surface area contributed by atoms with Crippen LogP contribution in [0.5, 0.6) is 0 Å². The second kappa shape index (κ2) is 7.10. The highest BCUT2D eigenvalue weighted by Gasteiger charge is 2.37. The van der Waals surface area contributed by atoms with E-state index in [1.165, 1.54) is 0 Å². The van der Waals surface area contributed by atoms with Gasteiger partial charge in [0.05, 0.1) is 15.7 Å². The lowest BCUT2D eigenvalue weighted by Gasteiger charge is -2.29. The van der Waals surface area contributed by atoms with E-state index in [1.807, 2.05) is 0 Å². The summed E-state index contributed by atoms with van der Waals surface area (Å²) in [5.41, 5.74) is -2.01. The van der Waals surface area contributed by atoms with Gasteiger partial charge in [-0.15, -0.1) is 0 Å². The van der Waals surface area contributed by atoms with Crippen molar-refractivity contribution >= 4 is 39.8 Å². The first-order valence-electron chi connectivity index (χ1n) is 8.15. The summed E-state index contributed by atoms with van der Waals surface area (Å²) in [6.45, 7) is 9.50. The summed E-state index contributed by atoms with van der Waals surface area (Å²) in [6.07, 6.45) is -2.26. The van der Waals surface area contributed by atoms with E-state index in [9.17, 15) is 18.8 Å². The average molecular weight is 446 g/mol. The number of cyclic esters (lactones) is 1. The predicted molar refractivity (Wildman–Crippen MR) is 98.2 cm³/mol. The Kier molecular flexibility index (Phi) is 5.56. The van der Waals surface area contributed by atoms with Crippen molar-refractivity contribution in [1.29, 1.82) is 0 Å². The van der Waals surface area contributed by atoms with E-state index in [0.29, 0.717) is 10.5 Å². The molecule has 0 bridgehead atoms. The average Bonchev–Trinajstić information content (AvgIpc) is 2.82. The number of carbonyl (C=O) groups excluding carboxylic acids is 3. The Bertz CT molecular complexity index is 782. The number of fused-ring (bicyclic) bond motifs is 1. The minimum absolute atomic E-state index is 0.0513. The van der Waals surface area contributed by atoms with E-state index in [2.05, 4.69) is 15.9 Å². The van der Waals surface area contributed by atoms with E-state index >= 15 is 0 Å². The maximum Gasteiger partial charge on any atom is 0.424 e. The molecule has 1 heterocycles. The van der Waals surface area contributed by atoms with Gasteiger partial charge in [0.2, 0.25) is 0 Å². The van der Waals surface area contributed by atoms with Crippen molar-refractivity contribution in [3.63, 3.8) is 0 Å². The molecule has 0 spiro atoms. The summed E-state index contributed by atoms with van der Waals surface area (Å²) in [5, 5.41) is 0. The molecule has 148 valence electrons. The molecule has 0 atom stereocenters. The van der Waals surface area contributed by atoms with Crippen LogP contribution in [0.25, 0.3) is 0 Å². The number of anilines is 1. The Morgan fingerprint density at radius 2 is 1.59 bits per heavy atom. The SMILES string of the molecule is CC(C)(C)OC(=O)N(C(=O)OC(C)(C)C)c1cc2c(c(Br)c1F)COC2=O. The summed E-state index contributed by atoms with van der Waals surface area (Å²) in [5.74, 6) is -1.59. The van der Waals surface area contributed by atoms with Crippen molar-refractivity contribution in [2.24, 2.45) is 0 Å². The maximum atomic E-state index is 14.9. The Balaban J connectivity index is 2.59. The number of imide groups is 1. The molecule has 0 fully saturated rings. The standard InChI is InChI=1S/C18H21BrFNO6/c1-17(2,3)26-15(23)21(16(24)27-18(4,5)6)11-7-9-10(8-25-14(9)22)12(19)13(11)20/h7H,8H2,1-6H3. The Morgan fingerprint density at radius 3 is 2.04 bits per heavy atom. The molecule has 0 aromatic heterocycles. The summed E-state index contributed by atoms with van der Waals surface area (Å²) >= 11 is 3.06. The molecule has 1 aliphatic rings.